The summed E-state index contributed by atoms with van der Waals surface area (Å²) in [4.78, 5) is 21.2. The van der Waals surface area contributed by atoms with E-state index in [2.05, 4.69) is 10.9 Å². The monoisotopic (exact) mass is 268 g/mol. The quantitative estimate of drug-likeness (QED) is 0.449. The average molecular weight is 268 g/mol. The maximum Gasteiger partial charge on any atom is 0.225 e. The summed E-state index contributed by atoms with van der Waals surface area (Å²) in [5.41, 5.74) is 4.99. The highest BCUT2D eigenvalue weighted by molar-refractivity contribution is 5.87. The molecular weight excluding hydrogens is 254 g/mol. The highest BCUT2D eigenvalue weighted by Gasteiger charge is 2.09. The predicted molar refractivity (Wildman–Crippen MR) is 65.8 cm³/mol. The first-order chi connectivity index (χ1) is 9.04. The molecule has 2 N–H and O–H groups in total. The largest absolute Gasteiger partial charge is 0.303 e. The minimum atomic E-state index is -0.634. The smallest absolute Gasteiger partial charge is 0.225 e. The normalized spacial score (nSPS) is 11.0. The Morgan fingerprint density at radius 3 is 2.47 bits per heavy atom. The minimum absolute atomic E-state index is 0.0511. The van der Waals surface area contributed by atoms with Crippen LogP contribution in [0.2, 0.25) is 0 Å². The van der Waals surface area contributed by atoms with Crippen LogP contribution in [0.5, 0.6) is 0 Å². The lowest BCUT2D eigenvalue weighted by Gasteiger charge is -2.10. The first kappa shape index (κ1) is 14.8. The van der Waals surface area contributed by atoms with E-state index in [0.29, 0.717) is 12.1 Å². The molecule has 0 radical (unpaired) electrons. The average Bonchev–Trinajstić information content (AvgIpc) is 2.34. The second-order valence-corrected chi connectivity index (χ2v) is 3.87. The Morgan fingerprint density at radius 2 is 1.95 bits per heavy atom. The third kappa shape index (κ3) is 4.87. The van der Waals surface area contributed by atoms with E-state index in [4.69, 9.17) is 0 Å². The second-order valence-electron chi connectivity index (χ2n) is 3.87. The fourth-order valence-electron chi connectivity index (χ4n) is 1.57. The summed E-state index contributed by atoms with van der Waals surface area (Å²) in [6, 6.07) is 3.63. The summed E-state index contributed by atoms with van der Waals surface area (Å²) in [5.74, 6) is -1.50. The van der Waals surface area contributed by atoms with E-state index < -0.39 is 11.6 Å². The molecule has 1 amide bonds. The van der Waals surface area contributed by atoms with E-state index in [9.17, 15) is 18.4 Å². The molecule has 0 aliphatic heterocycles. The number of ketones is 1. The first-order valence-corrected chi connectivity index (χ1v) is 5.63. The van der Waals surface area contributed by atoms with Gasteiger partial charge in [-0.3, -0.25) is 15.0 Å². The number of carbonyl (C=O) groups excluding carboxylic acids is 2. The van der Waals surface area contributed by atoms with E-state index >= 15 is 0 Å². The van der Waals surface area contributed by atoms with Crippen LogP contribution in [0.25, 0.3) is 0 Å². The molecule has 6 heteroatoms. The van der Waals surface area contributed by atoms with Crippen LogP contribution in [0.4, 0.5) is 8.78 Å². The molecule has 0 aromatic heterocycles. The Morgan fingerprint density at radius 1 is 1.32 bits per heavy atom. The van der Waals surface area contributed by atoms with Gasteiger partial charge in [-0.1, -0.05) is 6.07 Å². The van der Waals surface area contributed by atoms with Crippen molar-refractivity contribution in [3.63, 3.8) is 0 Å². The zero-order valence-corrected chi connectivity index (χ0v) is 10.4. The molecule has 0 aliphatic carbocycles. The van der Waals surface area contributed by atoms with Gasteiger partial charge in [0.05, 0.1) is 0 Å². The van der Waals surface area contributed by atoms with Crippen molar-refractivity contribution in [1.82, 2.24) is 10.9 Å². The van der Waals surface area contributed by atoms with Gasteiger partial charge in [-0.15, -0.1) is 0 Å². The van der Waals surface area contributed by atoms with E-state index in [0.717, 1.165) is 0 Å². The van der Waals surface area contributed by atoms with E-state index in [1.807, 2.05) is 0 Å². The Hall–Kier alpha value is -2.24. The topological polar surface area (TPSA) is 58.2 Å². The maximum absolute atomic E-state index is 13.4. The molecule has 0 heterocycles. The molecule has 0 saturated heterocycles. The van der Waals surface area contributed by atoms with Crippen LogP contribution in [0.3, 0.4) is 0 Å². The molecule has 1 aromatic rings. The summed E-state index contributed by atoms with van der Waals surface area (Å²) in [7, 11) is 0. The predicted octanol–water partition coefficient (Wildman–Crippen LogP) is 1.62. The molecule has 0 spiro atoms. The van der Waals surface area contributed by atoms with Crippen LogP contribution in [-0.2, 0) is 16.0 Å². The van der Waals surface area contributed by atoms with Crippen molar-refractivity contribution in [2.24, 2.45) is 0 Å². The molecule has 0 fully saturated rings. The Labute approximate surface area is 109 Å². The van der Waals surface area contributed by atoms with Crippen molar-refractivity contribution in [1.29, 1.82) is 0 Å². The van der Waals surface area contributed by atoms with Gasteiger partial charge in [-0.25, -0.2) is 8.78 Å². The number of amides is 1. The summed E-state index contributed by atoms with van der Waals surface area (Å²) in [5, 5.41) is 0. The number of halogens is 2. The number of benzene rings is 1. The van der Waals surface area contributed by atoms with Crippen LogP contribution in [0, 0.1) is 11.6 Å². The van der Waals surface area contributed by atoms with Gasteiger partial charge in [0.15, 0.2) is 5.78 Å². The van der Waals surface area contributed by atoms with Crippen LogP contribution < -0.4 is 10.9 Å². The third-order valence-corrected chi connectivity index (χ3v) is 2.38. The number of hydrazine groups is 1. The summed E-state index contributed by atoms with van der Waals surface area (Å²) < 4.78 is 26.8. The Balaban J connectivity index is 2.76. The van der Waals surface area contributed by atoms with Gasteiger partial charge in [0.25, 0.3) is 0 Å². The fourth-order valence-corrected chi connectivity index (χ4v) is 1.57. The van der Waals surface area contributed by atoms with Gasteiger partial charge in [-0.05, 0) is 31.9 Å². The van der Waals surface area contributed by atoms with Crippen LogP contribution in [-0.4, -0.2) is 12.2 Å². The van der Waals surface area contributed by atoms with Crippen molar-refractivity contribution < 1.29 is 18.4 Å². The molecule has 102 valence electrons. The molecular formula is C13H14F2N2O2. The lowest BCUT2D eigenvalue weighted by atomic mass is 10.1. The third-order valence-electron chi connectivity index (χ3n) is 2.38. The molecule has 0 unspecified atom stereocenters. The Bertz CT molecular complexity index is 481. The molecule has 0 aliphatic rings. The first-order valence-electron chi connectivity index (χ1n) is 5.63. The molecule has 0 saturated carbocycles. The molecule has 1 aromatic carbocycles. The number of hydrogen-bond donors (Lipinski definition) is 2. The minimum Gasteiger partial charge on any atom is -0.303 e. The lowest BCUT2D eigenvalue weighted by Crippen LogP contribution is -2.30. The SMILES string of the molecule is CC(=O)C=C(CCc1c(F)cccc1F)NNC=O. The van der Waals surface area contributed by atoms with Crippen LogP contribution in [0.1, 0.15) is 18.9 Å². The molecule has 4 nitrogen and oxygen atoms in total. The van der Waals surface area contributed by atoms with Gasteiger partial charge < -0.3 is 5.43 Å². The summed E-state index contributed by atoms with van der Waals surface area (Å²) in [6.45, 7) is 1.34. The lowest BCUT2D eigenvalue weighted by molar-refractivity contribution is -0.113. The summed E-state index contributed by atoms with van der Waals surface area (Å²) in [6.07, 6.45) is 1.93. The number of hydrogen-bond acceptors (Lipinski definition) is 3. The zero-order chi connectivity index (χ0) is 14.3. The van der Waals surface area contributed by atoms with Crippen molar-refractivity contribution in [2.75, 3.05) is 0 Å². The maximum atomic E-state index is 13.4. The highest BCUT2D eigenvalue weighted by Crippen LogP contribution is 2.15. The van der Waals surface area contributed by atoms with Crippen molar-refractivity contribution in [2.45, 2.75) is 19.8 Å². The zero-order valence-electron chi connectivity index (χ0n) is 10.4. The van der Waals surface area contributed by atoms with Crippen molar-refractivity contribution >= 4 is 12.2 Å². The van der Waals surface area contributed by atoms with Gasteiger partial charge in [0, 0.05) is 17.3 Å². The van der Waals surface area contributed by atoms with E-state index in [1.54, 1.807) is 0 Å². The van der Waals surface area contributed by atoms with Crippen molar-refractivity contribution in [3.8, 4) is 0 Å². The number of rotatable bonds is 7. The number of nitrogens with one attached hydrogen (secondary N) is 2. The second kappa shape index (κ2) is 7.25. The standard InChI is InChI=1S/C13H14F2N2O2/c1-9(19)7-10(17-16-8-18)5-6-11-12(14)3-2-4-13(11)15/h2-4,7-8,17H,5-6H2,1H3,(H,16,18). The van der Waals surface area contributed by atoms with Crippen LogP contribution >= 0.6 is 0 Å². The van der Waals surface area contributed by atoms with E-state index in [-0.39, 0.29) is 24.2 Å². The van der Waals surface area contributed by atoms with Crippen molar-refractivity contribution in [3.05, 3.63) is 47.2 Å². The summed E-state index contributed by atoms with van der Waals surface area (Å²) >= 11 is 0. The van der Waals surface area contributed by atoms with Gasteiger partial charge in [0.2, 0.25) is 6.41 Å². The van der Waals surface area contributed by atoms with E-state index in [1.165, 1.54) is 31.2 Å². The van der Waals surface area contributed by atoms with Gasteiger partial charge in [0.1, 0.15) is 11.6 Å². The molecule has 0 atom stereocenters. The molecule has 19 heavy (non-hydrogen) atoms. The van der Waals surface area contributed by atoms with Crippen LogP contribution in [0.15, 0.2) is 30.0 Å². The number of carbonyl (C=O) groups is 2. The number of allylic oxidation sites excluding steroid dienone is 2. The molecule has 0 bridgehead atoms. The van der Waals surface area contributed by atoms with Gasteiger partial charge >= 0.3 is 0 Å². The van der Waals surface area contributed by atoms with Gasteiger partial charge in [-0.2, -0.15) is 0 Å². The highest BCUT2D eigenvalue weighted by atomic mass is 19.1. The fraction of sp³-hybridized carbons (Fsp3) is 0.231. The molecule has 1 rings (SSSR count). The Kier molecular flexibility index (Phi) is 5.66.